The third-order valence-electron chi connectivity index (χ3n) is 1.21. The Labute approximate surface area is 43.4 Å². The molecule has 0 atom stereocenters. The first kappa shape index (κ1) is 4.78. The number of piperidine rings is 1. The molecular weight excluding hydrogens is 88.1 g/mol. The lowest BCUT2D eigenvalue weighted by Crippen LogP contribution is -2.27. The highest BCUT2D eigenvalue weighted by atomic mass is 14.9. The van der Waals surface area contributed by atoms with Gasteiger partial charge in [-0.2, -0.15) is 0 Å². The summed E-state index contributed by atoms with van der Waals surface area (Å²) in [5, 5.41) is 10.3. The average molecular weight is 98.1 g/mol. The Kier molecular flexibility index (Phi) is 1.42. The van der Waals surface area contributed by atoms with E-state index < -0.39 is 0 Å². The maximum Gasteiger partial charge on any atom is 0.0114 e. The molecule has 1 heterocycles. The molecule has 40 valence electrons. The highest BCUT2D eigenvalue weighted by molar-refractivity contribution is 5.82. The predicted octanol–water partition coefficient (Wildman–Crippen LogP) is 0.390. The van der Waals surface area contributed by atoms with Crippen molar-refractivity contribution < 1.29 is 0 Å². The van der Waals surface area contributed by atoms with E-state index >= 15 is 0 Å². The average Bonchev–Trinajstić information content (AvgIpc) is 1.69. The van der Waals surface area contributed by atoms with Crippen LogP contribution in [0.15, 0.2) is 0 Å². The van der Waals surface area contributed by atoms with Gasteiger partial charge < -0.3 is 10.7 Å². The van der Waals surface area contributed by atoms with Crippen LogP contribution in [-0.2, 0) is 0 Å². The van der Waals surface area contributed by atoms with E-state index in [4.69, 9.17) is 5.41 Å². The Hall–Kier alpha value is -0.370. The van der Waals surface area contributed by atoms with E-state index in [0.29, 0.717) is 0 Å². The monoisotopic (exact) mass is 98.1 g/mol. The van der Waals surface area contributed by atoms with Crippen molar-refractivity contribution in [1.29, 1.82) is 5.41 Å². The molecule has 2 nitrogen and oxygen atoms in total. The molecule has 0 saturated carbocycles. The van der Waals surface area contributed by atoms with Gasteiger partial charge in [-0.1, -0.05) is 0 Å². The van der Waals surface area contributed by atoms with Crippen LogP contribution in [0.3, 0.4) is 0 Å². The van der Waals surface area contributed by atoms with Gasteiger partial charge in [-0.3, -0.25) is 0 Å². The minimum absolute atomic E-state index is 0.902. The fraction of sp³-hybridized carbons (Fsp3) is 0.800. The van der Waals surface area contributed by atoms with Gasteiger partial charge in [0, 0.05) is 18.8 Å². The van der Waals surface area contributed by atoms with Gasteiger partial charge in [-0.15, -0.1) is 0 Å². The summed E-state index contributed by atoms with van der Waals surface area (Å²) >= 11 is 0. The highest BCUT2D eigenvalue weighted by Gasteiger charge is 2.01. The third kappa shape index (κ3) is 1.27. The Morgan fingerprint density at radius 1 is 1.29 bits per heavy atom. The lowest BCUT2D eigenvalue weighted by Gasteiger charge is -2.10. The van der Waals surface area contributed by atoms with Crippen LogP contribution in [-0.4, -0.2) is 18.8 Å². The first-order valence-corrected chi connectivity index (χ1v) is 2.66. The molecule has 0 spiro atoms. The summed E-state index contributed by atoms with van der Waals surface area (Å²) in [5.41, 5.74) is 0.902. The lowest BCUT2D eigenvalue weighted by molar-refractivity contribution is 0.668. The molecule has 2 heteroatoms. The summed E-state index contributed by atoms with van der Waals surface area (Å²) in [5.74, 6) is 0. The van der Waals surface area contributed by atoms with Gasteiger partial charge in [-0.25, -0.2) is 0 Å². The fourth-order valence-electron chi connectivity index (χ4n) is 0.729. The largest absolute Gasteiger partial charge is 0.316 e. The molecule has 1 fully saturated rings. The zero-order chi connectivity index (χ0) is 5.11. The molecule has 0 aromatic rings. The first-order chi connectivity index (χ1) is 3.39. The molecule has 0 aromatic heterocycles. The molecule has 1 saturated heterocycles. The second kappa shape index (κ2) is 2.07. The van der Waals surface area contributed by atoms with E-state index in [2.05, 4.69) is 5.32 Å². The Morgan fingerprint density at radius 2 is 1.86 bits per heavy atom. The van der Waals surface area contributed by atoms with Crippen molar-refractivity contribution >= 4 is 5.71 Å². The van der Waals surface area contributed by atoms with Gasteiger partial charge in [0.15, 0.2) is 0 Å². The molecule has 7 heavy (non-hydrogen) atoms. The standard InChI is InChI=1S/C5H10N2/c6-5-1-3-7-4-2-5/h6-7H,1-4H2. The van der Waals surface area contributed by atoms with E-state index in [9.17, 15) is 0 Å². The van der Waals surface area contributed by atoms with Crippen molar-refractivity contribution in [2.24, 2.45) is 0 Å². The van der Waals surface area contributed by atoms with E-state index in [0.717, 1.165) is 31.6 Å². The topological polar surface area (TPSA) is 35.9 Å². The van der Waals surface area contributed by atoms with Crippen molar-refractivity contribution in [3.05, 3.63) is 0 Å². The van der Waals surface area contributed by atoms with Gasteiger partial charge in [0.1, 0.15) is 0 Å². The predicted molar refractivity (Wildman–Crippen MR) is 29.8 cm³/mol. The third-order valence-corrected chi connectivity index (χ3v) is 1.21. The maximum absolute atomic E-state index is 7.15. The van der Waals surface area contributed by atoms with Crippen molar-refractivity contribution in [3.63, 3.8) is 0 Å². The molecule has 0 amide bonds. The summed E-state index contributed by atoms with van der Waals surface area (Å²) < 4.78 is 0. The Bertz CT molecular complexity index is 70.1. The normalized spacial score (nSPS) is 22.6. The van der Waals surface area contributed by atoms with Gasteiger partial charge in [0.05, 0.1) is 0 Å². The fourth-order valence-corrected chi connectivity index (χ4v) is 0.729. The van der Waals surface area contributed by atoms with Crippen LogP contribution in [0, 0.1) is 5.41 Å². The number of hydrogen-bond donors (Lipinski definition) is 2. The van der Waals surface area contributed by atoms with Crippen LogP contribution in [0.25, 0.3) is 0 Å². The van der Waals surface area contributed by atoms with E-state index in [1.807, 2.05) is 0 Å². The Balaban J connectivity index is 2.25. The molecule has 0 aromatic carbocycles. The number of hydrogen-bond acceptors (Lipinski definition) is 2. The first-order valence-electron chi connectivity index (χ1n) is 2.66. The van der Waals surface area contributed by atoms with Crippen LogP contribution in [0.1, 0.15) is 12.8 Å². The molecule has 0 unspecified atom stereocenters. The van der Waals surface area contributed by atoms with Crippen LogP contribution in [0.2, 0.25) is 0 Å². The van der Waals surface area contributed by atoms with Crippen molar-refractivity contribution in [3.8, 4) is 0 Å². The van der Waals surface area contributed by atoms with Gasteiger partial charge in [-0.05, 0) is 12.8 Å². The molecule has 1 aliphatic heterocycles. The Morgan fingerprint density at radius 3 is 2.14 bits per heavy atom. The second-order valence-corrected chi connectivity index (χ2v) is 1.85. The van der Waals surface area contributed by atoms with Crippen molar-refractivity contribution in [2.45, 2.75) is 12.8 Å². The van der Waals surface area contributed by atoms with Crippen molar-refractivity contribution in [2.75, 3.05) is 13.1 Å². The summed E-state index contributed by atoms with van der Waals surface area (Å²) in [6, 6.07) is 0. The quantitative estimate of drug-likeness (QED) is 0.451. The molecular formula is C5H10N2. The molecule has 1 rings (SSSR count). The minimum atomic E-state index is 0.902. The summed E-state index contributed by atoms with van der Waals surface area (Å²) in [6.45, 7) is 2.03. The molecule has 0 bridgehead atoms. The smallest absolute Gasteiger partial charge is 0.0114 e. The van der Waals surface area contributed by atoms with Gasteiger partial charge >= 0.3 is 0 Å². The molecule has 0 aliphatic carbocycles. The number of nitrogens with one attached hydrogen (secondary N) is 2. The van der Waals surface area contributed by atoms with Crippen molar-refractivity contribution in [1.82, 2.24) is 5.32 Å². The summed E-state index contributed by atoms with van der Waals surface area (Å²) in [7, 11) is 0. The van der Waals surface area contributed by atoms with Crippen LogP contribution < -0.4 is 5.32 Å². The van der Waals surface area contributed by atoms with Gasteiger partial charge in [0.2, 0.25) is 0 Å². The maximum atomic E-state index is 7.15. The lowest BCUT2D eigenvalue weighted by atomic mass is 10.1. The molecule has 2 N–H and O–H groups in total. The van der Waals surface area contributed by atoms with E-state index in [-0.39, 0.29) is 0 Å². The SMILES string of the molecule is N=C1CCNCC1. The zero-order valence-corrected chi connectivity index (χ0v) is 4.33. The second-order valence-electron chi connectivity index (χ2n) is 1.85. The van der Waals surface area contributed by atoms with Gasteiger partial charge in [0.25, 0.3) is 0 Å². The van der Waals surface area contributed by atoms with E-state index in [1.165, 1.54) is 0 Å². The highest BCUT2D eigenvalue weighted by Crippen LogP contribution is 1.92. The minimum Gasteiger partial charge on any atom is -0.316 e. The molecule has 1 aliphatic rings. The number of rotatable bonds is 0. The van der Waals surface area contributed by atoms with Crippen LogP contribution in [0.4, 0.5) is 0 Å². The van der Waals surface area contributed by atoms with E-state index in [1.54, 1.807) is 0 Å². The van der Waals surface area contributed by atoms with Crippen LogP contribution in [0.5, 0.6) is 0 Å². The zero-order valence-electron chi connectivity index (χ0n) is 4.33. The molecule has 0 radical (unpaired) electrons. The summed E-state index contributed by atoms with van der Waals surface area (Å²) in [4.78, 5) is 0. The van der Waals surface area contributed by atoms with Crippen LogP contribution >= 0.6 is 0 Å². The summed E-state index contributed by atoms with van der Waals surface area (Å²) in [6.07, 6.45) is 1.92.